The van der Waals surface area contributed by atoms with Crippen molar-refractivity contribution in [3.63, 3.8) is 0 Å². The number of aryl methyl sites for hydroxylation is 1. The van der Waals surface area contributed by atoms with E-state index in [-0.39, 0.29) is 4.90 Å². The summed E-state index contributed by atoms with van der Waals surface area (Å²) in [5, 5.41) is 0.479. The highest BCUT2D eigenvalue weighted by molar-refractivity contribution is 7.92. The molecule has 27 heavy (non-hydrogen) atoms. The number of benzene rings is 2. The molecular formula is C19H15ClN4O2S. The lowest BCUT2D eigenvalue weighted by atomic mass is 10.1. The molecular weight excluding hydrogens is 384 g/mol. The maximum absolute atomic E-state index is 12.6. The Kier molecular flexibility index (Phi) is 4.33. The summed E-state index contributed by atoms with van der Waals surface area (Å²) < 4.78 is 29.7. The van der Waals surface area contributed by atoms with Gasteiger partial charge in [-0.1, -0.05) is 23.7 Å². The van der Waals surface area contributed by atoms with Gasteiger partial charge in [-0.3, -0.25) is 9.12 Å². The highest BCUT2D eigenvalue weighted by atomic mass is 35.5. The zero-order chi connectivity index (χ0) is 19.0. The molecule has 0 saturated carbocycles. The Morgan fingerprint density at radius 2 is 1.85 bits per heavy atom. The van der Waals surface area contributed by atoms with Crippen molar-refractivity contribution in [1.82, 2.24) is 14.4 Å². The molecule has 0 fully saturated rings. The number of anilines is 1. The summed E-state index contributed by atoms with van der Waals surface area (Å²) >= 11 is 5.83. The number of sulfonamides is 1. The molecule has 2 aromatic carbocycles. The van der Waals surface area contributed by atoms with Crippen molar-refractivity contribution < 1.29 is 8.42 Å². The van der Waals surface area contributed by atoms with Gasteiger partial charge in [-0.15, -0.1) is 0 Å². The van der Waals surface area contributed by atoms with Crippen LogP contribution in [0.5, 0.6) is 0 Å². The first-order chi connectivity index (χ1) is 12.9. The average molecular weight is 399 g/mol. The molecule has 0 radical (unpaired) electrons. The van der Waals surface area contributed by atoms with Crippen LogP contribution < -0.4 is 4.72 Å². The number of rotatable bonds is 4. The smallest absolute Gasteiger partial charge is 0.261 e. The van der Waals surface area contributed by atoms with Crippen LogP contribution in [0, 0.1) is 6.92 Å². The van der Waals surface area contributed by atoms with E-state index >= 15 is 0 Å². The minimum absolute atomic E-state index is 0.144. The number of nitrogens with zero attached hydrogens (tertiary/aromatic N) is 3. The number of hydrogen-bond acceptors (Lipinski definition) is 4. The number of nitrogens with one attached hydrogen (secondary N) is 1. The van der Waals surface area contributed by atoms with Crippen LogP contribution in [0.3, 0.4) is 0 Å². The first kappa shape index (κ1) is 17.5. The molecule has 136 valence electrons. The lowest BCUT2D eigenvalue weighted by Gasteiger charge is -2.09. The van der Waals surface area contributed by atoms with Crippen LogP contribution in [-0.4, -0.2) is 22.8 Å². The van der Waals surface area contributed by atoms with Gasteiger partial charge in [-0.05, 0) is 49.4 Å². The van der Waals surface area contributed by atoms with Crippen LogP contribution in [0.25, 0.3) is 17.0 Å². The van der Waals surface area contributed by atoms with Crippen molar-refractivity contribution in [2.75, 3.05) is 4.72 Å². The molecule has 0 aliphatic heterocycles. The SMILES string of the molecule is Cc1c(-c2cccc(NS(=O)(=O)c3ccc(Cl)cc3)c2)nc2ncccn12. The number of halogens is 1. The molecule has 0 saturated heterocycles. The second kappa shape index (κ2) is 6.68. The average Bonchev–Trinajstić information content (AvgIpc) is 2.99. The highest BCUT2D eigenvalue weighted by Gasteiger charge is 2.16. The Labute approximate surface area is 161 Å². The lowest BCUT2D eigenvalue weighted by Crippen LogP contribution is -2.12. The maximum Gasteiger partial charge on any atom is 0.261 e. The van der Waals surface area contributed by atoms with Gasteiger partial charge in [0.1, 0.15) is 0 Å². The zero-order valence-electron chi connectivity index (χ0n) is 14.3. The molecule has 0 aliphatic rings. The van der Waals surface area contributed by atoms with Gasteiger partial charge >= 0.3 is 0 Å². The standard InChI is InChI=1S/C19H15ClN4O2S/c1-13-18(22-19-21-10-3-11-24(13)19)14-4-2-5-16(12-14)23-27(25,26)17-8-6-15(20)7-9-17/h2-12,23H,1H3. The minimum atomic E-state index is -3.71. The van der Waals surface area contributed by atoms with Crippen LogP contribution in [0.2, 0.25) is 5.02 Å². The van der Waals surface area contributed by atoms with Gasteiger partial charge in [0, 0.05) is 34.4 Å². The quantitative estimate of drug-likeness (QED) is 0.560. The van der Waals surface area contributed by atoms with Crippen molar-refractivity contribution in [3.05, 3.63) is 77.7 Å². The summed E-state index contributed by atoms with van der Waals surface area (Å²) in [6, 6.07) is 15.0. The van der Waals surface area contributed by atoms with E-state index in [0.29, 0.717) is 16.5 Å². The predicted molar refractivity (Wildman–Crippen MR) is 105 cm³/mol. The van der Waals surface area contributed by atoms with E-state index in [0.717, 1.165) is 17.0 Å². The van der Waals surface area contributed by atoms with Crippen molar-refractivity contribution in [2.24, 2.45) is 0 Å². The van der Waals surface area contributed by atoms with E-state index in [1.807, 2.05) is 29.7 Å². The van der Waals surface area contributed by atoms with Gasteiger partial charge in [-0.2, -0.15) is 0 Å². The zero-order valence-corrected chi connectivity index (χ0v) is 15.9. The van der Waals surface area contributed by atoms with Crippen LogP contribution >= 0.6 is 11.6 Å². The summed E-state index contributed by atoms with van der Waals surface area (Å²) in [5.74, 6) is 0.595. The number of hydrogen-bond donors (Lipinski definition) is 1. The second-order valence-electron chi connectivity index (χ2n) is 5.98. The fourth-order valence-electron chi connectivity index (χ4n) is 2.83. The number of aromatic nitrogens is 3. The van der Waals surface area contributed by atoms with Gasteiger partial charge in [-0.25, -0.2) is 18.4 Å². The summed E-state index contributed by atoms with van der Waals surface area (Å²) in [7, 11) is -3.71. The lowest BCUT2D eigenvalue weighted by molar-refractivity contribution is 0.601. The molecule has 0 aliphatic carbocycles. The van der Waals surface area contributed by atoms with Gasteiger partial charge in [0.2, 0.25) is 5.78 Å². The second-order valence-corrected chi connectivity index (χ2v) is 8.09. The predicted octanol–water partition coefficient (Wildman–Crippen LogP) is 4.16. The first-order valence-corrected chi connectivity index (χ1v) is 9.99. The molecule has 0 spiro atoms. The molecule has 0 amide bonds. The normalized spacial score (nSPS) is 11.6. The van der Waals surface area contributed by atoms with Crippen molar-refractivity contribution in [1.29, 1.82) is 0 Å². The molecule has 1 N–H and O–H groups in total. The van der Waals surface area contributed by atoms with E-state index in [1.54, 1.807) is 36.5 Å². The maximum atomic E-state index is 12.6. The van der Waals surface area contributed by atoms with Gasteiger partial charge in [0.05, 0.1) is 10.6 Å². The van der Waals surface area contributed by atoms with Crippen LogP contribution in [0.1, 0.15) is 5.69 Å². The summed E-state index contributed by atoms with van der Waals surface area (Å²) in [6.07, 6.45) is 3.57. The summed E-state index contributed by atoms with van der Waals surface area (Å²) in [4.78, 5) is 8.94. The molecule has 0 atom stereocenters. The third-order valence-electron chi connectivity index (χ3n) is 4.15. The molecule has 8 heteroatoms. The van der Waals surface area contributed by atoms with Gasteiger partial charge in [0.15, 0.2) is 0 Å². The van der Waals surface area contributed by atoms with Crippen molar-refractivity contribution in [3.8, 4) is 11.3 Å². The Hall–Kier alpha value is -2.90. The van der Waals surface area contributed by atoms with E-state index in [4.69, 9.17) is 11.6 Å². The Morgan fingerprint density at radius 1 is 1.07 bits per heavy atom. The Bertz CT molecular complexity index is 1230. The molecule has 2 aromatic heterocycles. The van der Waals surface area contributed by atoms with Crippen molar-refractivity contribution in [2.45, 2.75) is 11.8 Å². The molecule has 2 heterocycles. The Morgan fingerprint density at radius 3 is 2.59 bits per heavy atom. The summed E-state index contributed by atoms with van der Waals surface area (Å²) in [5.41, 5.74) is 2.93. The molecule has 4 aromatic rings. The molecule has 0 unspecified atom stereocenters. The monoisotopic (exact) mass is 398 g/mol. The summed E-state index contributed by atoms with van der Waals surface area (Å²) in [6.45, 7) is 1.95. The van der Waals surface area contributed by atoms with E-state index in [9.17, 15) is 8.42 Å². The fraction of sp³-hybridized carbons (Fsp3) is 0.0526. The largest absolute Gasteiger partial charge is 0.288 e. The topological polar surface area (TPSA) is 76.4 Å². The number of fused-ring (bicyclic) bond motifs is 1. The third kappa shape index (κ3) is 3.39. The Balaban J connectivity index is 1.70. The van der Waals surface area contributed by atoms with Gasteiger partial charge < -0.3 is 0 Å². The van der Waals surface area contributed by atoms with Crippen LogP contribution in [0.15, 0.2) is 71.9 Å². The fourth-order valence-corrected chi connectivity index (χ4v) is 4.01. The van der Waals surface area contributed by atoms with Gasteiger partial charge in [0.25, 0.3) is 10.0 Å². The van der Waals surface area contributed by atoms with Crippen LogP contribution in [0.4, 0.5) is 5.69 Å². The first-order valence-electron chi connectivity index (χ1n) is 8.12. The van der Waals surface area contributed by atoms with E-state index in [1.165, 1.54) is 12.1 Å². The minimum Gasteiger partial charge on any atom is -0.288 e. The molecule has 6 nitrogen and oxygen atoms in total. The number of imidazole rings is 1. The van der Waals surface area contributed by atoms with Crippen LogP contribution in [-0.2, 0) is 10.0 Å². The molecule has 0 bridgehead atoms. The van der Waals surface area contributed by atoms with Crippen molar-refractivity contribution >= 4 is 33.1 Å². The third-order valence-corrected chi connectivity index (χ3v) is 5.80. The molecule has 4 rings (SSSR count). The van der Waals surface area contributed by atoms with E-state index in [2.05, 4.69) is 14.7 Å². The highest BCUT2D eigenvalue weighted by Crippen LogP contribution is 2.27. The van der Waals surface area contributed by atoms with E-state index < -0.39 is 10.0 Å².